The van der Waals surface area contributed by atoms with E-state index < -0.39 is 6.10 Å². The van der Waals surface area contributed by atoms with Crippen molar-refractivity contribution in [2.45, 2.75) is 271 Å². The zero-order valence-corrected chi connectivity index (χ0v) is 36.7. The largest absolute Gasteiger partial charge is 0.462 e. The van der Waals surface area contributed by atoms with Gasteiger partial charge in [-0.25, -0.2) is 0 Å². The van der Waals surface area contributed by atoms with Gasteiger partial charge in [-0.05, 0) is 25.2 Å². The molecule has 0 aromatic heterocycles. The predicted molar refractivity (Wildman–Crippen MR) is 229 cm³/mol. The Labute approximate surface area is 336 Å². The molecule has 0 N–H and O–H groups in total. The first kappa shape index (κ1) is 52.4. The minimum atomic E-state index is -0.759. The molecule has 0 heterocycles. The van der Waals surface area contributed by atoms with Gasteiger partial charge in [-0.1, -0.05) is 227 Å². The van der Waals surface area contributed by atoms with Crippen LogP contribution in [0, 0.1) is 5.92 Å². The maximum atomic E-state index is 12.7. The normalized spacial score (nSPS) is 12.4. The van der Waals surface area contributed by atoms with Crippen LogP contribution in [0.4, 0.5) is 0 Å². The summed E-state index contributed by atoms with van der Waals surface area (Å²) in [5.74, 6) is -0.00472. The Morgan fingerprint density at radius 1 is 0.370 bits per heavy atom. The minimum Gasteiger partial charge on any atom is -0.462 e. The molecule has 1 unspecified atom stereocenters. The van der Waals surface area contributed by atoms with Crippen LogP contribution in [0.5, 0.6) is 0 Å². The van der Waals surface area contributed by atoms with Crippen molar-refractivity contribution in [3.63, 3.8) is 0 Å². The number of esters is 3. The summed E-state index contributed by atoms with van der Waals surface area (Å²) in [4.78, 5) is 37.7. The third-order valence-corrected chi connectivity index (χ3v) is 11.2. The van der Waals surface area contributed by atoms with Crippen LogP contribution in [0.15, 0.2) is 0 Å². The predicted octanol–water partition coefficient (Wildman–Crippen LogP) is 15.1. The Bertz CT molecular complexity index is 813. The first-order valence-electron chi connectivity index (χ1n) is 23.9. The first-order chi connectivity index (χ1) is 26.4. The van der Waals surface area contributed by atoms with Crippen LogP contribution in [0.25, 0.3) is 0 Å². The van der Waals surface area contributed by atoms with E-state index in [4.69, 9.17) is 14.2 Å². The van der Waals surface area contributed by atoms with Gasteiger partial charge in [-0.3, -0.25) is 14.4 Å². The molecule has 0 bridgehead atoms. The van der Waals surface area contributed by atoms with Gasteiger partial charge >= 0.3 is 17.9 Å². The smallest absolute Gasteiger partial charge is 0.306 e. The summed E-state index contributed by atoms with van der Waals surface area (Å²) in [7, 11) is 0. The van der Waals surface area contributed by atoms with E-state index in [9.17, 15) is 14.4 Å². The summed E-state index contributed by atoms with van der Waals surface area (Å²) < 4.78 is 16.7. The summed E-state index contributed by atoms with van der Waals surface area (Å²) in [6.45, 7) is 9.00. The number of rotatable bonds is 43. The van der Waals surface area contributed by atoms with Gasteiger partial charge in [0.1, 0.15) is 13.2 Å². The quantitative estimate of drug-likeness (QED) is 0.0349. The Balaban J connectivity index is 4.33. The fourth-order valence-electron chi connectivity index (χ4n) is 7.12. The van der Waals surface area contributed by atoms with Crippen LogP contribution in [0.2, 0.25) is 0 Å². The molecule has 0 saturated heterocycles. The average molecular weight is 765 g/mol. The maximum Gasteiger partial charge on any atom is 0.306 e. The van der Waals surface area contributed by atoms with E-state index in [0.717, 1.165) is 63.7 Å². The molecule has 0 aliphatic rings. The Morgan fingerprint density at radius 2 is 0.648 bits per heavy atom. The van der Waals surface area contributed by atoms with E-state index in [0.29, 0.717) is 19.3 Å². The van der Waals surface area contributed by atoms with Gasteiger partial charge in [-0.2, -0.15) is 0 Å². The molecule has 0 aliphatic heterocycles. The summed E-state index contributed by atoms with van der Waals surface area (Å²) >= 11 is 0. The number of unbranched alkanes of at least 4 members (excludes halogenated alkanes) is 29. The molecule has 0 aliphatic carbocycles. The third kappa shape index (κ3) is 40.1. The molecule has 0 fully saturated rings. The van der Waals surface area contributed by atoms with Gasteiger partial charge in [0.05, 0.1) is 0 Å². The van der Waals surface area contributed by atoms with Crippen LogP contribution in [-0.2, 0) is 28.6 Å². The second-order valence-corrected chi connectivity index (χ2v) is 16.6. The highest BCUT2D eigenvalue weighted by molar-refractivity contribution is 5.71. The maximum absolute atomic E-state index is 12.7. The van der Waals surface area contributed by atoms with Crippen molar-refractivity contribution in [2.75, 3.05) is 13.2 Å². The highest BCUT2D eigenvalue weighted by atomic mass is 16.6. The fraction of sp³-hybridized carbons (Fsp3) is 0.938. The highest BCUT2D eigenvalue weighted by Gasteiger charge is 2.19. The molecular formula is C48H92O6. The molecule has 0 saturated carbocycles. The molecule has 0 spiro atoms. The van der Waals surface area contributed by atoms with Crippen molar-refractivity contribution in [1.82, 2.24) is 0 Å². The molecule has 320 valence electrons. The first-order valence-corrected chi connectivity index (χ1v) is 23.9. The van der Waals surface area contributed by atoms with Gasteiger partial charge in [0.15, 0.2) is 6.10 Å². The number of hydrogen-bond acceptors (Lipinski definition) is 6. The summed E-state index contributed by atoms with van der Waals surface area (Å²) in [6, 6.07) is 0. The monoisotopic (exact) mass is 765 g/mol. The highest BCUT2D eigenvalue weighted by Crippen LogP contribution is 2.17. The fourth-order valence-corrected chi connectivity index (χ4v) is 7.12. The van der Waals surface area contributed by atoms with E-state index in [2.05, 4.69) is 27.7 Å². The molecule has 54 heavy (non-hydrogen) atoms. The van der Waals surface area contributed by atoms with E-state index in [1.54, 1.807) is 0 Å². The number of carbonyl (C=O) groups excluding carboxylic acids is 3. The number of hydrogen-bond donors (Lipinski definition) is 0. The second-order valence-electron chi connectivity index (χ2n) is 16.6. The van der Waals surface area contributed by atoms with Crippen LogP contribution in [0.1, 0.15) is 265 Å². The van der Waals surface area contributed by atoms with E-state index in [-0.39, 0.29) is 31.1 Å². The van der Waals surface area contributed by atoms with E-state index >= 15 is 0 Å². The molecule has 2 atom stereocenters. The van der Waals surface area contributed by atoms with Crippen molar-refractivity contribution in [2.24, 2.45) is 5.92 Å². The van der Waals surface area contributed by atoms with Gasteiger partial charge in [0.2, 0.25) is 0 Å². The SMILES string of the molecule is CCCCCCCCCCCCCCCCC(=O)O[C@@H](COC(=O)CCCCCCCCCCCC)COC(=O)CCCCCCCCCCC(C)CC. The van der Waals surface area contributed by atoms with Crippen LogP contribution >= 0.6 is 0 Å². The van der Waals surface area contributed by atoms with Crippen LogP contribution < -0.4 is 0 Å². The van der Waals surface area contributed by atoms with Gasteiger partial charge in [0.25, 0.3) is 0 Å². The second kappa shape index (κ2) is 42.6. The lowest BCUT2D eigenvalue weighted by Crippen LogP contribution is -2.30. The van der Waals surface area contributed by atoms with Gasteiger partial charge in [-0.15, -0.1) is 0 Å². The van der Waals surface area contributed by atoms with Crippen LogP contribution in [0.3, 0.4) is 0 Å². The zero-order valence-electron chi connectivity index (χ0n) is 36.7. The lowest BCUT2D eigenvalue weighted by atomic mass is 9.99. The molecule has 0 amide bonds. The van der Waals surface area contributed by atoms with Crippen molar-refractivity contribution < 1.29 is 28.6 Å². The average Bonchev–Trinajstić information content (AvgIpc) is 3.17. The molecular weight excluding hydrogens is 673 g/mol. The number of ether oxygens (including phenoxy) is 3. The molecule has 6 heteroatoms. The van der Waals surface area contributed by atoms with Crippen LogP contribution in [-0.4, -0.2) is 37.2 Å². The Hall–Kier alpha value is -1.59. The Kier molecular flexibility index (Phi) is 41.3. The zero-order chi connectivity index (χ0) is 39.6. The number of carbonyl (C=O) groups is 3. The third-order valence-electron chi connectivity index (χ3n) is 11.2. The summed E-state index contributed by atoms with van der Waals surface area (Å²) in [5, 5.41) is 0. The van der Waals surface area contributed by atoms with E-state index in [1.807, 2.05) is 0 Å². The summed E-state index contributed by atoms with van der Waals surface area (Å²) in [5.41, 5.74) is 0. The molecule has 0 radical (unpaired) electrons. The summed E-state index contributed by atoms with van der Waals surface area (Å²) in [6.07, 6.45) is 42.2. The topological polar surface area (TPSA) is 78.9 Å². The lowest BCUT2D eigenvalue weighted by Gasteiger charge is -2.18. The minimum absolute atomic E-state index is 0.0638. The van der Waals surface area contributed by atoms with Gasteiger partial charge < -0.3 is 14.2 Å². The molecule has 0 rings (SSSR count). The Morgan fingerprint density at radius 3 is 0.963 bits per heavy atom. The molecule has 6 nitrogen and oxygen atoms in total. The standard InChI is InChI=1S/C48H92O6/c1-5-8-10-12-14-16-18-19-20-21-23-29-33-37-41-48(51)54-45(42-52-46(49)39-35-31-27-22-17-15-13-11-9-6-2)43-53-47(50)40-36-32-28-25-24-26-30-34-38-44(4)7-3/h44-45H,5-43H2,1-4H3/t44?,45-/m0/s1. The lowest BCUT2D eigenvalue weighted by molar-refractivity contribution is -0.167. The van der Waals surface area contributed by atoms with Crippen molar-refractivity contribution >= 4 is 17.9 Å². The van der Waals surface area contributed by atoms with Gasteiger partial charge in [0, 0.05) is 19.3 Å². The van der Waals surface area contributed by atoms with Crippen molar-refractivity contribution in [3.8, 4) is 0 Å². The van der Waals surface area contributed by atoms with E-state index in [1.165, 1.54) is 161 Å². The van der Waals surface area contributed by atoms with Crippen molar-refractivity contribution in [1.29, 1.82) is 0 Å². The van der Waals surface area contributed by atoms with Crippen molar-refractivity contribution in [3.05, 3.63) is 0 Å². The molecule has 0 aromatic rings. The molecule has 0 aromatic carbocycles.